The summed E-state index contributed by atoms with van der Waals surface area (Å²) in [6, 6.07) is 15.4. The third kappa shape index (κ3) is 6.61. The first-order chi connectivity index (χ1) is 16.2. The lowest BCUT2D eigenvalue weighted by Gasteiger charge is -2.23. The van der Waals surface area contributed by atoms with E-state index in [4.69, 9.17) is 18.9 Å². The highest BCUT2D eigenvalue weighted by Crippen LogP contribution is 2.37. The Morgan fingerprint density at radius 2 is 1.58 bits per heavy atom. The Kier molecular flexibility index (Phi) is 7.33. The highest BCUT2D eigenvalue weighted by Gasteiger charge is 2.22. The molecule has 0 radical (unpaired) electrons. The van der Waals surface area contributed by atoms with Gasteiger partial charge in [0.2, 0.25) is 0 Å². The largest absolute Gasteiger partial charge is 0.494 e. The lowest BCUT2D eigenvalue weighted by Crippen LogP contribution is -2.05. The smallest absolute Gasteiger partial charge is 0.122 e. The maximum Gasteiger partial charge on any atom is 0.122 e. The summed E-state index contributed by atoms with van der Waals surface area (Å²) in [4.78, 5) is 0. The lowest BCUT2D eigenvalue weighted by atomic mass is 9.82. The van der Waals surface area contributed by atoms with Gasteiger partial charge in [0.15, 0.2) is 0 Å². The normalized spacial score (nSPS) is 23.7. The maximum absolute atomic E-state index is 5.99. The summed E-state index contributed by atoms with van der Waals surface area (Å²) in [6.07, 6.45) is 11.2. The van der Waals surface area contributed by atoms with Crippen LogP contribution in [0.25, 0.3) is 5.57 Å². The molecule has 3 aliphatic rings. The van der Waals surface area contributed by atoms with Gasteiger partial charge >= 0.3 is 0 Å². The Balaban J connectivity index is 1.09. The number of rotatable bonds is 12. The van der Waals surface area contributed by atoms with Crippen LogP contribution in [-0.2, 0) is 9.47 Å². The molecule has 0 amide bonds. The Morgan fingerprint density at radius 1 is 0.879 bits per heavy atom. The molecule has 0 aromatic heterocycles. The number of epoxide rings is 2. The molecule has 1 aliphatic carbocycles. The van der Waals surface area contributed by atoms with Crippen molar-refractivity contribution in [2.75, 3.05) is 26.4 Å². The van der Waals surface area contributed by atoms with Crippen LogP contribution in [0.15, 0.2) is 48.5 Å². The molecule has 0 bridgehead atoms. The highest BCUT2D eigenvalue weighted by molar-refractivity contribution is 5.68. The molecule has 0 spiro atoms. The fourth-order valence-electron chi connectivity index (χ4n) is 4.71. The topological polar surface area (TPSA) is 43.5 Å². The summed E-state index contributed by atoms with van der Waals surface area (Å²) in [6.45, 7) is 5.55. The van der Waals surface area contributed by atoms with Crippen molar-refractivity contribution < 1.29 is 18.9 Å². The molecule has 2 aromatic rings. The van der Waals surface area contributed by atoms with Crippen LogP contribution in [0.5, 0.6) is 11.5 Å². The van der Waals surface area contributed by atoms with E-state index < -0.39 is 0 Å². The molecule has 2 fully saturated rings. The second kappa shape index (κ2) is 10.8. The molecular formula is C29H36O4. The van der Waals surface area contributed by atoms with E-state index in [9.17, 15) is 0 Å². The van der Waals surface area contributed by atoms with Gasteiger partial charge in [0.05, 0.1) is 38.6 Å². The van der Waals surface area contributed by atoms with Crippen LogP contribution in [-0.4, -0.2) is 38.6 Å². The van der Waals surface area contributed by atoms with Gasteiger partial charge in [-0.3, -0.25) is 0 Å². The van der Waals surface area contributed by atoms with Crippen molar-refractivity contribution in [1.82, 2.24) is 0 Å². The third-order valence-electron chi connectivity index (χ3n) is 6.98. The average Bonchev–Trinajstić information content (AvgIpc) is 3.77. The van der Waals surface area contributed by atoms with Crippen molar-refractivity contribution in [1.29, 1.82) is 0 Å². The molecular weight excluding hydrogens is 412 g/mol. The fraction of sp³-hybridized carbons (Fsp3) is 0.517. The van der Waals surface area contributed by atoms with Crippen LogP contribution in [0.3, 0.4) is 0 Å². The third-order valence-corrected chi connectivity index (χ3v) is 6.98. The molecule has 2 aromatic carbocycles. The van der Waals surface area contributed by atoms with E-state index in [0.717, 1.165) is 76.5 Å². The molecule has 4 heteroatoms. The van der Waals surface area contributed by atoms with Gasteiger partial charge in [0.1, 0.15) is 11.5 Å². The van der Waals surface area contributed by atoms with Crippen molar-refractivity contribution in [2.45, 2.75) is 70.0 Å². The summed E-state index contributed by atoms with van der Waals surface area (Å²) in [5.74, 6) is 2.57. The number of ether oxygens (including phenoxy) is 4. The monoisotopic (exact) mass is 448 g/mol. The molecule has 2 aliphatic heterocycles. The molecule has 5 rings (SSSR count). The standard InChI is InChI=1S/C29H36O4/c1-21-18-25(12-15-29(21)31-17-3-5-28-20-33-28)24-8-6-22(7-9-24)23-10-13-26(14-11-23)30-16-2-4-27-19-32-27/h8,10-15,18,22,27-28H,2-7,9,16-17,19-20H2,1H3. The van der Waals surface area contributed by atoms with Gasteiger partial charge < -0.3 is 18.9 Å². The van der Waals surface area contributed by atoms with Gasteiger partial charge in [-0.2, -0.15) is 0 Å². The van der Waals surface area contributed by atoms with E-state index in [2.05, 4.69) is 55.5 Å². The number of hydrogen-bond acceptors (Lipinski definition) is 4. The van der Waals surface area contributed by atoms with Crippen molar-refractivity contribution in [3.05, 3.63) is 65.2 Å². The molecule has 4 nitrogen and oxygen atoms in total. The van der Waals surface area contributed by atoms with Gasteiger partial charge in [-0.25, -0.2) is 0 Å². The fourth-order valence-corrected chi connectivity index (χ4v) is 4.71. The van der Waals surface area contributed by atoms with Gasteiger partial charge in [-0.1, -0.05) is 24.3 Å². The first-order valence-electron chi connectivity index (χ1n) is 12.6. The van der Waals surface area contributed by atoms with E-state index in [-0.39, 0.29) is 0 Å². The van der Waals surface area contributed by atoms with E-state index in [0.29, 0.717) is 18.1 Å². The zero-order valence-electron chi connectivity index (χ0n) is 19.8. The zero-order chi connectivity index (χ0) is 22.5. The number of hydrogen-bond donors (Lipinski definition) is 0. The molecule has 0 saturated carbocycles. The summed E-state index contributed by atoms with van der Waals surface area (Å²) in [5, 5.41) is 0. The molecule has 3 unspecified atom stereocenters. The van der Waals surface area contributed by atoms with Gasteiger partial charge in [-0.05, 0) is 104 Å². The number of benzene rings is 2. The van der Waals surface area contributed by atoms with Crippen LogP contribution in [0, 0.1) is 6.92 Å². The van der Waals surface area contributed by atoms with Crippen LogP contribution in [0.1, 0.15) is 67.6 Å². The van der Waals surface area contributed by atoms with Gasteiger partial charge in [0.25, 0.3) is 0 Å². The second-order valence-corrected chi connectivity index (χ2v) is 9.64. The van der Waals surface area contributed by atoms with Crippen LogP contribution >= 0.6 is 0 Å². The Labute approximate surface area is 197 Å². The Bertz CT molecular complexity index is 941. The minimum absolute atomic E-state index is 0.489. The summed E-state index contributed by atoms with van der Waals surface area (Å²) < 4.78 is 22.4. The molecule has 3 atom stereocenters. The van der Waals surface area contributed by atoms with E-state index in [1.807, 2.05) is 0 Å². The Hall–Kier alpha value is -2.30. The summed E-state index contributed by atoms with van der Waals surface area (Å²) >= 11 is 0. The van der Waals surface area contributed by atoms with Crippen molar-refractivity contribution in [3.63, 3.8) is 0 Å². The average molecular weight is 449 g/mol. The quantitative estimate of drug-likeness (QED) is 0.276. The van der Waals surface area contributed by atoms with Crippen LogP contribution in [0.4, 0.5) is 0 Å². The summed E-state index contributed by atoms with van der Waals surface area (Å²) in [7, 11) is 0. The van der Waals surface area contributed by atoms with Crippen molar-refractivity contribution in [3.8, 4) is 11.5 Å². The molecule has 176 valence electrons. The Morgan fingerprint density at radius 3 is 2.18 bits per heavy atom. The number of allylic oxidation sites excluding steroid dienone is 2. The predicted molar refractivity (Wildman–Crippen MR) is 131 cm³/mol. The second-order valence-electron chi connectivity index (χ2n) is 9.64. The van der Waals surface area contributed by atoms with E-state index in [1.165, 1.54) is 28.7 Å². The maximum atomic E-state index is 5.99. The molecule has 2 saturated heterocycles. The van der Waals surface area contributed by atoms with E-state index in [1.54, 1.807) is 0 Å². The van der Waals surface area contributed by atoms with E-state index >= 15 is 0 Å². The number of aryl methyl sites for hydroxylation is 1. The summed E-state index contributed by atoms with van der Waals surface area (Å²) in [5.41, 5.74) is 5.44. The highest BCUT2D eigenvalue weighted by atomic mass is 16.6. The minimum Gasteiger partial charge on any atom is -0.494 e. The first kappa shape index (κ1) is 22.5. The van der Waals surface area contributed by atoms with Crippen LogP contribution < -0.4 is 9.47 Å². The SMILES string of the molecule is Cc1cc(C2=CCC(c3ccc(OCCCC4CO4)cc3)CC2)ccc1OCCCC1CO1. The van der Waals surface area contributed by atoms with Crippen molar-refractivity contribution >= 4 is 5.57 Å². The molecule has 0 N–H and O–H groups in total. The lowest BCUT2D eigenvalue weighted by molar-refractivity contribution is 0.292. The van der Waals surface area contributed by atoms with Crippen LogP contribution in [0.2, 0.25) is 0 Å². The zero-order valence-corrected chi connectivity index (χ0v) is 19.8. The minimum atomic E-state index is 0.489. The first-order valence-corrected chi connectivity index (χ1v) is 12.6. The molecule has 2 heterocycles. The predicted octanol–water partition coefficient (Wildman–Crippen LogP) is 6.46. The van der Waals surface area contributed by atoms with Crippen molar-refractivity contribution in [2.24, 2.45) is 0 Å². The van der Waals surface area contributed by atoms with Gasteiger partial charge in [-0.15, -0.1) is 0 Å². The molecule has 33 heavy (non-hydrogen) atoms. The van der Waals surface area contributed by atoms with Gasteiger partial charge in [0, 0.05) is 0 Å².